The summed E-state index contributed by atoms with van der Waals surface area (Å²) in [5, 5.41) is 2.95. The van der Waals surface area contributed by atoms with Gasteiger partial charge in [-0.25, -0.2) is 14.8 Å². The molecule has 10 heteroatoms. The quantitative estimate of drug-likeness (QED) is 0.341. The summed E-state index contributed by atoms with van der Waals surface area (Å²) in [5.74, 6) is 1.16. The Bertz CT molecular complexity index is 1530. The second-order valence-electron chi connectivity index (χ2n) is 11.2. The van der Waals surface area contributed by atoms with Gasteiger partial charge in [0.15, 0.2) is 11.5 Å². The Morgan fingerprint density at radius 2 is 1.73 bits per heavy atom. The number of imidazole rings is 1. The molecule has 1 saturated heterocycles. The second-order valence-corrected chi connectivity index (χ2v) is 11.2. The van der Waals surface area contributed by atoms with Gasteiger partial charge in [0.05, 0.1) is 24.7 Å². The van der Waals surface area contributed by atoms with Crippen molar-refractivity contribution in [2.75, 3.05) is 25.9 Å². The number of nitrogen functional groups attached to an aromatic ring is 1. The summed E-state index contributed by atoms with van der Waals surface area (Å²) >= 11 is 0. The summed E-state index contributed by atoms with van der Waals surface area (Å²) in [7, 11) is 1.62. The molecule has 5 rings (SSSR count). The van der Waals surface area contributed by atoms with Crippen molar-refractivity contribution in [2.45, 2.75) is 51.7 Å². The highest BCUT2D eigenvalue weighted by Gasteiger charge is 2.29. The van der Waals surface area contributed by atoms with E-state index in [0.717, 1.165) is 41.1 Å². The first-order valence-corrected chi connectivity index (χ1v) is 13.7. The topological polar surface area (TPSA) is 124 Å². The normalized spacial score (nSPS) is 14.2. The third kappa shape index (κ3) is 6.42. The summed E-state index contributed by atoms with van der Waals surface area (Å²) in [5.41, 5.74) is 10.5. The molecule has 1 aliphatic heterocycles. The van der Waals surface area contributed by atoms with Crippen LogP contribution in [0, 0.1) is 0 Å². The third-order valence-corrected chi connectivity index (χ3v) is 7.16. The number of benzene rings is 2. The fourth-order valence-corrected chi connectivity index (χ4v) is 4.93. The first-order valence-electron chi connectivity index (χ1n) is 13.7. The lowest BCUT2D eigenvalue weighted by Crippen LogP contribution is -2.41. The molecule has 2 amide bonds. The number of nitrogens with one attached hydrogen (secondary N) is 1. The van der Waals surface area contributed by atoms with Crippen LogP contribution in [0.5, 0.6) is 5.75 Å². The Balaban J connectivity index is 1.28. The molecule has 0 atom stereocenters. The van der Waals surface area contributed by atoms with Crippen LogP contribution in [0.4, 0.5) is 10.6 Å². The van der Waals surface area contributed by atoms with E-state index in [4.69, 9.17) is 20.2 Å². The number of carbonyl (C=O) groups is 2. The molecular formula is C31H36N6O4. The van der Waals surface area contributed by atoms with Crippen LogP contribution in [-0.2, 0) is 11.3 Å². The number of nitrogens with two attached hydrogens (primary N) is 1. The number of fused-ring (bicyclic) bond motifs is 1. The van der Waals surface area contributed by atoms with Gasteiger partial charge in [0.1, 0.15) is 11.4 Å². The highest BCUT2D eigenvalue weighted by Crippen LogP contribution is 2.31. The fraction of sp³-hybridized carbons (Fsp3) is 0.355. The van der Waals surface area contributed by atoms with Crippen LogP contribution in [0.3, 0.4) is 0 Å². The van der Waals surface area contributed by atoms with E-state index in [1.165, 1.54) is 0 Å². The van der Waals surface area contributed by atoms with Gasteiger partial charge in [-0.3, -0.25) is 9.20 Å². The number of anilines is 1. The number of hydrogen-bond donors (Lipinski definition) is 2. The number of hydrogen-bond acceptors (Lipinski definition) is 7. The monoisotopic (exact) mass is 556 g/mol. The summed E-state index contributed by atoms with van der Waals surface area (Å²) in [6, 6.07) is 15.0. The largest absolute Gasteiger partial charge is 0.497 e. The van der Waals surface area contributed by atoms with Crippen LogP contribution in [-0.4, -0.2) is 57.1 Å². The van der Waals surface area contributed by atoms with Gasteiger partial charge in [-0.2, -0.15) is 0 Å². The Hall–Kier alpha value is -4.60. The zero-order chi connectivity index (χ0) is 29.1. The summed E-state index contributed by atoms with van der Waals surface area (Å²) in [4.78, 5) is 36.2. The Kier molecular flexibility index (Phi) is 7.83. The van der Waals surface area contributed by atoms with Gasteiger partial charge in [-0.05, 0) is 63.4 Å². The lowest BCUT2D eigenvalue weighted by atomic mass is 9.94. The molecule has 0 radical (unpaired) electrons. The molecule has 1 fully saturated rings. The lowest BCUT2D eigenvalue weighted by molar-refractivity contribution is 0.0204. The lowest BCUT2D eigenvalue weighted by Gasteiger charge is -2.32. The Morgan fingerprint density at radius 1 is 1.05 bits per heavy atom. The first-order chi connectivity index (χ1) is 19.6. The number of carbonyl (C=O) groups excluding carboxylic acids is 2. The smallest absolute Gasteiger partial charge is 0.410 e. The van der Waals surface area contributed by atoms with Crippen LogP contribution < -0.4 is 15.8 Å². The van der Waals surface area contributed by atoms with Gasteiger partial charge in [-0.15, -0.1) is 0 Å². The van der Waals surface area contributed by atoms with Gasteiger partial charge in [0, 0.05) is 42.9 Å². The maximum atomic E-state index is 12.7. The maximum absolute atomic E-state index is 12.7. The van der Waals surface area contributed by atoms with Crippen LogP contribution in [0.25, 0.3) is 16.9 Å². The molecule has 2 aromatic heterocycles. The van der Waals surface area contributed by atoms with Crippen molar-refractivity contribution >= 4 is 23.5 Å². The van der Waals surface area contributed by atoms with Crippen molar-refractivity contribution in [1.29, 1.82) is 0 Å². The summed E-state index contributed by atoms with van der Waals surface area (Å²) in [6.07, 6.45) is 5.02. The average Bonchev–Trinajstić information content (AvgIpc) is 3.42. The van der Waals surface area contributed by atoms with Crippen molar-refractivity contribution in [3.63, 3.8) is 0 Å². The standard InChI is InChI=1S/C31H36N6O4/c1-31(2,3)41-30(39)36-15-13-21(14-16-36)25-19-37-26(18-33-27(32)28(37)35-25)22-7-9-23(10-8-22)29(38)34-17-20-5-11-24(40-4)12-6-20/h5-12,18-19,21H,13-17H2,1-4H3,(H2,32,33)(H,34,38). The molecule has 2 aromatic carbocycles. The van der Waals surface area contributed by atoms with Crippen LogP contribution in [0.15, 0.2) is 60.9 Å². The number of methoxy groups -OCH3 is 1. The number of amides is 2. The van der Waals surface area contributed by atoms with E-state index in [2.05, 4.69) is 10.3 Å². The average molecular weight is 557 g/mol. The number of piperidine rings is 1. The highest BCUT2D eigenvalue weighted by atomic mass is 16.6. The van der Waals surface area contributed by atoms with Gasteiger partial charge in [0.25, 0.3) is 5.91 Å². The molecule has 4 aromatic rings. The number of nitrogens with zero attached hydrogens (tertiary/aromatic N) is 4. The van der Waals surface area contributed by atoms with Crippen molar-refractivity contribution in [1.82, 2.24) is 24.6 Å². The third-order valence-electron chi connectivity index (χ3n) is 7.16. The molecule has 41 heavy (non-hydrogen) atoms. The second kappa shape index (κ2) is 11.5. The molecule has 0 bridgehead atoms. The van der Waals surface area contributed by atoms with Gasteiger partial charge < -0.3 is 25.4 Å². The predicted octanol–water partition coefficient (Wildman–Crippen LogP) is 5.03. The summed E-state index contributed by atoms with van der Waals surface area (Å²) in [6.45, 7) is 7.25. The zero-order valence-electron chi connectivity index (χ0n) is 23.9. The minimum Gasteiger partial charge on any atom is -0.497 e. The summed E-state index contributed by atoms with van der Waals surface area (Å²) < 4.78 is 12.7. The first kappa shape index (κ1) is 27.9. The SMILES string of the molecule is COc1ccc(CNC(=O)c2ccc(-c3cnc(N)c4nc(C5CCN(C(=O)OC(C)(C)C)CC5)cn34)cc2)cc1. The van der Waals surface area contributed by atoms with Crippen molar-refractivity contribution in [3.8, 4) is 17.0 Å². The minimum absolute atomic E-state index is 0.157. The molecular weight excluding hydrogens is 520 g/mol. The van der Waals surface area contributed by atoms with E-state index in [-0.39, 0.29) is 17.9 Å². The maximum Gasteiger partial charge on any atom is 0.410 e. The van der Waals surface area contributed by atoms with Gasteiger partial charge >= 0.3 is 6.09 Å². The van der Waals surface area contributed by atoms with E-state index in [1.807, 2.05) is 67.8 Å². The minimum atomic E-state index is -0.518. The number of likely N-dealkylation sites (tertiary alicyclic amines) is 1. The molecule has 214 valence electrons. The van der Waals surface area contributed by atoms with E-state index < -0.39 is 5.60 Å². The molecule has 0 saturated carbocycles. The zero-order valence-corrected chi connectivity index (χ0v) is 23.9. The Morgan fingerprint density at radius 3 is 2.37 bits per heavy atom. The number of ether oxygens (including phenoxy) is 2. The number of rotatable bonds is 6. The molecule has 0 spiro atoms. The van der Waals surface area contributed by atoms with E-state index in [9.17, 15) is 9.59 Å². The van der Waals surface area contributed by atoms with Gasteiger partial charge in [0.2, 0.25) is 0 Å². The van der Waals surface area contributed by atoms with Crippen LogP contribution in [0.1, 0.15) is 61.1 Å². The molecule has 1 aliphatic rings. The molecule has 3 N–H and O–H groups in total. The van der Waals surface area contributed by atoms with E-state index >= 15 is 0 Å². The van der Waals surface area contributed by atoms with E-state index in [0.29, 0.717) is 36.7 Å². The predicted molar refractivity (Wildman–Crippen MR) is 157 cm³/mol. The highest BCUT2D eigenvalue weighted by molar-refractivity contribution is 5.94. The number of aromatic nitrogens is 3. The van der Waals surface area contributed by atoms with Crippen molar-refractivity contribution in [3.05, 3.63) is 77.7 Å². The van der Waals surface area contributed by atoms with E-state index in [1.54, 1.807) is 30.3 Å². The van der Waals surface area contributed by atoms with Crippen LogP contribution >= 0.6 is 0 Å². The molecule has 0 aliphatic carbocycles. The van der Waals surface area contributed by atoms with Gasteiger partial charge in [-0.1, -0.05) is 24.3 Å². The molecule has 0 unspecified atom stereocenters. The fourth-order valence-electron chi connectivity index (χ4n) is 4.93. The molecule has 10 nitrogen and oxygen atoms in total. The molecule has 3 heterocycles. The Labute approximate surface area is 239 Å². The van der Waals surface area contributed by atoms with Crippen LogP contribution in [0.2, 0.25) is 0 Å². The van der Waals surface area contributed by atoms with Crippen molar-refractivity contribution < 1.29 is 19.1 Å². The van der Waals surface area contributed by atoms with Crippen molar-refractivity contribution in [2.24, 2.45) is 0 Å².